The van der Waals surface area contributed by atoms with Crippen LogP contribution in [0.25, 0.3) is 0 Å². The Morgan fingerprint density at radius 1 is 1.59 bits per heavy atom. The average Bonchev–Trinajstić information content (AvgIpc) is 2.28. The van der Waals surface area contributed by atoms with Gasteiger partial charge in [0, 0.05) is 0 Å². The van der Waals surface area contributed by atoms with Crippen LogP contribution in [0.1, 0.15) is 12.0 Å². The normalized spacial score (nSPS) is 12.2. The van der Waals surface area contributed by atoms with Crippen molar-refractivity contribution in [3.05, 3.63) is 29.6 Å². The number of ether oxygens (including phenoxy) is 1. The van der Waals surface area contributed by atoms with E-state index in [1.165, 1.54) is 19.2 Å². The van der Waals surface area contributed by atoms with Gasteiger partial charge in [-0.3, -0.25) is 4.79 Å². The molecular weight excluding hydrogens is 225 g/mol. The van der Waals surface area contributed by atoms with E-state index in [1.807, 2.05) is 0 Å². The largest absolute Gasteiger partial charge is 0.494 e. The van der Waals surface area contributed by atoms with Crippen molar-refractivity contribution in [2.45, 2.75) is 12.8 Å². The second kappa shape index (κ2) is 6.20. The van der Waals surface area contributed by atoms with Crippen LogP contribution in [0.3, 0.4) is 0 Å². The first-order valence-corrected chi connectivity index (χ1v) is 5.33. The third kappa shape index (κ3) is 3.71. The first-order chi connectivity index (χ1) is 8.08. The monoisotopic (exact) mass is 241 g/mol. The van der Waals surface area contributed by atoms with Crippen LogP contribution in [0.2, 0.25) is 0 Å². The summed E-state index contributed by atoms with van der Waals surface area (Å²) in [4.78, 5) is 10.9. The third-order valence-electron chi connectivity index (χ3n) is 2.56. The van der Waals surface area contributed by atoms with Gasteiger partial charge in [0.15, 0.2) is 11.6 Å². The molecule has 0 aliphatic heterocycles. The van der Waals surface area contributed by atoms with Crippen molar-refractivity contribution in [1.82, 2.24) is 0 Å². The van der Waals surface area contributed by atoms with E-state index in [-0.39, 0.29) is 12.2 Å². The number of rotatable bonds is 6. The van der Waals surface area contributed by atoms with Crippen molar-refractivity contribution in [1.29, 1.82) is 0 Å². The highest BCUT2D eigenvalue weighted by atomic mass is 19.1. The summed E-state index contributed by atoms with van der Waals surface area (Å²) in [5.74, 6) is -1.82. The minimum absolute atomic E-state index is 0.152. The fourth-order valence-electron chi connectivity index (χ4n) is 1.64. The van der Waals surface area contributed by atoms with Crippen molar-refractivity contribution in [3.63, 3.8) is 0 Å². The summed E-state index contributed by atoms with van der Waals surface area (Å²) in [6.07, 6.45) is 0.649. The van der Waals surface area contributed by atoms with Crippen molar-refractivity contribution < 1.29 is 19.0 Å². The number of hydrogen-bond donors (Lipinski definition) is 2. The van der Waals surface area contributed by atoms with E-state index < -0.39 is 17.7 Å². The lowest BCUT2D eigenvalue weighted by atomic mass is 9.96. The topological polar surface area (TPSA) is 72.5 Å². The number of nitrogens with two attached hydrogens (primary N) is 1. The van der Waals surface area contributed by atoms with E-state index >= 15 is 0 Å². The number of aliphatic carboxylic acids is 1. The van der Waals surface area contributed by atoms with Gasteiger partial charge < -0.3 is 15.6 Å². The Morgan fingerprint density at radius 2 is 2.29 bits per heavy atom. The predicted molar refractivity (Wildman–Crippen MR) is 61.5 cm³/mol. The molecule has 0 heterocycles. The van der Waals surface area contributed by atoms with E-state index in [4.69, 9.17) is 15.6 Å². The zero-order valence-electron chi connectivity index (χ0n) is 9.65. The number of methoxy groups -OCH3 is 1. The van der Waals surface area contributed by atoms with E-state index in [9.17, 15) is 9.18 Å². The molecule has 0 spiro atoms. The van der Waals surface area contributed by atoms with Gasteiger partial charge in [0.2, 0.25) is 0 Å². The lowest BCUT2D eigenvalue weighted by molar-refractivity contribution is -0.141. The lowest BCUT2D eigenvalue weighted by Crippen LogP contribution is -2.20. The van der Waals surface area contributed by atoms with Crippen LogP contribution in [0, 0.1) is 11.7 Å². The van der Waals surface area contributed by atoms with Crippen molar-refractivity contribution in [3.8, 4) is 5.75 Å². The molecule has 0 amide bonds. The van der Waals surface area contributed by atoms with Gasteiger partial charge in [0.05, 0.1) is 13.0 Å². The third-order valence-corrected chi connectivity index (χ3v) is 2.56. The number of benzene rings is 1. The average molecular weight is 241 g/mol. The molecule has 3 N–H and O–H groups in total. The van der Waals surface area contributed by atoms with Crippen LogP contribution < -0.4 is 10.5 Å². The summed E-state index contributed by atoms with van der Waals surface area (Å²) >= 11 is 0. The minimum atomic E-state index is -0.910. The molecule has 1 aromatic rings. The SMILES string of the molecule is COc1ccc(CC(CCN)C(=O)O)cc1F. The summed E-state index contributed by atoms with van der Waals surface area (Å²) in [5.41, 5.74) is 5.97. The molecule has 0 fully saturated rings. The first-order valence-electron chi connectivity index (χ1n) is 5.33. The molecule has 1 aromatic carbocycles. The predicted octanol–water partition coefficient (Wildman–Crippen LogP) is 1.43. The number of carboxylic acid groups (broad SMARTS) is 1. The molecule has 0 saturated heterocycles. The van der Waals surface area contributed by atoms with Gasteiger partial charge in [0.1, 0.15) is 0 Å². The fourth-order valence-corrected chi connectivity index (χ4v) is 1.64. The molecular formula is C12H16FNO3. The van der Waals surface area contributed by atoms with E-state index in [0.29, 0.717) is 18.5 Å². The lowest BCUT2D eigenvalue weighted by Gasteiger charge is -2.11. The number of carboxylic acids is 1. The van der Waals surface area contributed by atoms with Crippen LogP contribution in [0.5, 0.6) is 5.75 Å². The molecule has 0 radical (unpaired) electrons. The Kier molecular flexibility index (Phi) is 4.90. The second-order valence-corrected chi connectivity index (χ2v) is 3.79. The van der Waals surface area contributed by atoms with Gasteiger partial charge in [-0.15, -0.1) is 0 Å². The Labute approximate surface area is 99.2 Å². The van der Waals surface area contributed by atoms with Crippen LogP contribution in [-0.2, 0) is 11.2 Å². The molecule has 4 nitrogen and oxygen atoms in total. The summed E-state index contributed by atoms with van der Waals surface area (Å²) in [6, 6.07) is 4.45. The highest BCUT2D eigenvalue weighted by Gasteiger charge is 2.17. The number of hydrogen-bond acceptors (Lipinski definition) is 3. The maximum atomic E-state index is 13.4. The summed E-state index contributed by atoms with van der Waals surface area (Å²) < 4.78 is 18.2. The van der Waals surface area contributed by atoms with Gasteiger partial charge in [-0.05, 0) is 37.1 Å². The quantitative estimate of drug-likeness (QED) is 0.790. The van der Waals surface area contributed by atoms with E-state index in [1.54, 1.807) is 6.07 Å². The Morgan fingerprint density at radius 3 is 2.76 bits per heavy atom. The minimum Gasteiger partial charge on any atom is -0.494 e. The fraction of sp³-hybridized carbons (Fsp3) is 0.417. The molecule has 94 valence electrons. The number of carbonyl (C=O) groups is 1. The maximum absolute atomic E-state index is 13.4. The molecule has 5 heteroatoms. The van der Waals surface area contributed by atoms with E-state index in [0.717, 1.165) is 0 Å². The van der Waals surface area contributed by atoms with Crippen LogP contribution in [0.15, 0.2) is 18.2 Å². The van der Waals surface area contributed by atoms with Gasteiger partial charge in [0.25, 0.3) is 0 Å². The molecule has 0 bridgehead atoms. The molecule has 17 heavy (non-hydrogen) atoms. The molecule has 0 aromatic heterocycles. The summed E-state index contributed by atoms with van der Waals surface area (Å²) in [7, 11) is 1.38. The van der Waals surface area contributed by atoms with Gasteiger partial charge >= 0.3 is 5.97 Å². The molecule has 1 rings (SSSR count). The Hall–Kier alpha value is -1.62. The van der Waals surface area contributed by atoms with Crippen LogP contribution >= 0.6 is 0 Å². The molecule has 0 aliphatic carbocycles. The zero-order valence-corrected chi connectivity index (χ0v) is 9.65. The maximum Gasteiger partial charge on any atom is 0.306 e. The standard InChI is InChI=1S/C12H16FNO3/c1-17-11-3-2-8(7-10(11)13)6-9(4-5-14)12(15)16/h2-3,7,9H,4-6,14H2,1H3,(H,15,16). The summed E-state index contributed by atoms with van der Waals surface area (Å²) in [5, 5.41) is 8.96. The van der Waals surface area contributed by atoms with Crippen molar-refractivity contribution in [2.24, 2.45) is 11.7 Å². The molecule has 1 atom stereocenters. The molecule has 1 unspecified atom stereocenters. The number of halogens is 1. The molecule has 0 saturated carbocycles. The van der Waals surface area contributed by atoms with Crippen LogP contribution in [0.4, 0.5) is 4.39 Å². The zero-order chi connectivity index (χ0) is 12.8. The van der Waals surface area contributed by atoms with Gasteiger partial charge in [-0.2, -0.15) is 0 Å². The highest BCUT2D eigenvalue weighted by molar-refractivity contribution is 5.70. The second-order valence-electron chi connectivity index (χ2n) is 3.79. The summed E-state index contributed by atoms with van der Waals surface area (Å²) in [6.45, 7) is 0.301. The molecule has 0 aliphatic rings. The van der Waals surface area contributed by atoms with Gasteiger partial charge in [-0.1, -0.05) is 6.07 Å². The van der Waals surface area contributed by atoms with Crippen molar-refractivity contribution in [2.75, 3.05) is 13.7 Å². The van der Waals surface area contributed by atoms with Crippen LogP contribution in [-0.4, -0.2) is 24.7 Å². The highest BCUT2D eigenvalue weighted by Crippen LogP contribution is 2.20. The van der Waals surface area contributed by atoms with E-state index in [2.05, 4.69) is 0 Å². The smallest absolute Gasteiger partial charge is 0.306 e. The van der Waals surface area contributed by atoms with Crippen molar-refractivity contribution >= 4 is 5.97 Å². The Bertz CT molecular complexity index is 395. The van der Waals surface area contributed by atoms with Gasteiger partial charge in [-0.25, -0.2) is 4.39 Å². The Balaban J connectivity index is 2.79. The first kappa shape index (κ1) is 13.4.